The molecular formula is C24H38N2O3. The summed E-state index contributed by atoms with van der Waals surface area (Å²) in [5.74, 6) is 1.20. The third-order valence-electron chi connectivity index (χ3n) is 8.88. The monoisotopic (exact) mass is 402 g/mol. The number of hydrogen-bond acceptors (Lipinski definition) is 3. The molecule has 1 heterocycles. The molecule has 5 heteroatoms. The normalized spacial score (nSPS) is 46.7. The van der Waals surface area contributed by atoms with Crippen molar-refractivity contribution < 1.29 is 14.7 Å². The standard InChI is InChI=1S/C24H38N2O3/c1-22(2,3)25-21(29)16-9-8-15-14-7-10-18-23(4,12-11-19(28)26(18)6)20(14)17(27)13-24(15,16)5/h11-12,14-18,20,27H,7-10,13H2,1-6H3,(H,25,29)/t14-,15-,16?,17?,18?,20-,23-,24-/m0/s1. The fraction of sp³-hybridized carbons (Fsp3) is 0.833. The van der Waals surface area contributed by atoms with Gasteiger partial charge in [-0.25, -0.2) is 0 Å². The highest BCUT2D eigenvalue weighted by atomic mass is 16.3. The van der Waals surface area contributed by atoms with Crippen LogP contribution >= 0.6 is 0 Å². The highest BCUT2D eigenvalue weighted by Crippen LogP contribution is 2.65. The Kier molecular flexibility index (Phi) is 4.73. The summed E-state index contributed by atoms with van der Waals surface area (Å²) < 4.78 is 0. The van der Waals surface area contributed by atoms with Crippen LogP contribution < -0.4 is 5.32 Å². The van der Waals surface area contributed by atoms with Gasteiger partial charge in [0.25, 0.3) is 0 Å². The molecule has 5 nitrogen and oxygen atoms in total. The number of hydrogen-bond donors (Lipinski definition) is 2. The van der Waals surface area contributed by atoms with E-state index in [1.54, 1.807) is 6.08 Å². The first-order valence-electron chi connectivity index (χ1n) is 11.3. The van der Waals surface area contributed by atoms with Crippen LogP contribution in [0.15, 0.2) is 12.2 Å². The molecule has 3 unspecified atom stereocenters. The number of aliphatic hydroxyl groups is 1. The van der Waals surface area contributed by atoms with Crippen molar-refractivity contribution in [2.75, 3.05) is 7.05 Å². The third-order valence-corrected chi connectivity index (χ3v) is 8.88. The molecule has 8 atom stereocenters. The zero-order valence-electron chi connectivity index (χ0n) is 18.9. The first-order valence-corrected chi connectivity index (χ1v) is 11.3. The van der Waals surface area contributed by atoms with E-state index in [9.17, 15) is 14.7 Å². The fourth-order valence-electron chi connectivity index (χ4n) is 7.76. The molecule has 29 heavy (non-hydrogen) atoms. The maximum Gasteiger partial charge on any atom is 0.246 e. The van der Waals surface area contributed by atoms with Crippen molar-refractivity contribution in [3.63, 3.8) is 0 Å². The van der Waals surface area contributed by atoms with E-state index in [4.69, 9.17) is 0 Å². The van der Waals surface area contributed by atoms with Crippen molar-refractivity contribution in [2.24, 2.45) is 34.5 Å². The van der Waals surface area contributed by atoms with Gasteiger partial charge in [0.15, 0.2) is 0 Å². The van der Waals surface area contributed by atoms with Gasteiger partial charge < -0.3 is 15.3 Å². The first kappa shape index (κ1) is 20.9. The first-order chi connectivity index (χ1) is 13.4. The second-order valence-corrected chi connectivity index (χ2v) is 11.7. The van der Waals surface area contributed by atoms with E-state index in [2.05, 4.69) is 25.2 Å². The summed E-state index contributed by atoms with van der Waals surface area (Å²) in [7, 11) is 1.90. The summed E-state index contributed by atoms with van der Waals surface area (Å²) in [6.07, 6.45) is 8.00. The van der Waals surface area contributed by atoms with Crippen molar-refractivity contribution in [3.8, 4) is 0 Å². The minimum Gasteiger partial charge on any atom is -0.393 e. The predicted octanol–water partition coefficient (Wildman–Crippen LogP) is 3.13. The minimum absolute atomic E-state index is 0.0287. The molecule has 3 saturated carbocycles. The van der Waals surface area contributed by atoms with Gasteiger partial charge in [-0.3, -0.25) is 9.59 Å². The number of carbonyl (C=O) groups is 2. The van der Waals surface area contributed by atoms with Crippen molar-refractivity contribution in [1.29, 1.82) is 0 Å². The second-order valence-electron chi connectivity index (χ2n) is 11.7. The van der Waals surface area contributed by atoms with Gasteiger partial charge in [-0.1, -0.05) is 19.9 Å². The average Bonchev–Trinajstić information content (AvgIpc) is 2.93. The molecule has 0 radical (unpaired) electrons. The zero-order chi connectivity index (χ0) is 21.4. The molecule has 162 valence electrons. The van der Waals surface area contributed by atoms with Crippen LogP contribution in [-0.2, 0) is 9.59 Å². The van der Waals surface area contributed by atoms with Gasteiger partial charge in [-0.2, -0.15) is 0 Å². The fourth-order valence-corrected chi connectivity index (χ4v) is 7.76. The summed E-state index contributed by atoms with van der Waals surface area (Å²) in [6.45, 7) is 10.6. The molecule has 0 aromatic carbocycles. The number of fused-ring (bicyclic) bond motifs is 5. The van der Waals surface area contributed by atoms with Crippen LogP contribution in [0.1, 0.15) is 66.7 Å². The SMILES string of the molecule is CN1C(=O)C=C[C@@]2(C)C1CC[C@@H]1[C@H]2C(O)C[C@]2(C)C(C(=O)NC(C)(C)C)CC[C@@H]12. The molecule has 2 amide bonds. The second kappa shape index (κ2) is 6.57. The molecule has 0 saturated heterocycles. The van der Waals surface area contributed by atoms with Crippen LogP contribution in [0.4, 0.5) is 0 Å². The van der Waals surface area contributed by atoms with E-state index in [-0.39, 0.29) is 46.1 Å². The van der Waals surface area contributed by atoms with Crippen LogP contribution in [0.3, 0.4) is 0 Å². The molecule has 1 aliphatic heterocycles. The van der Waals surface area contributed by atoms with E-state index in [0.29, 0.717) is 18.3 Å². The summed E-state index contributed by atoms with van der Waals surface area (Å²) >= 11 is 0. The zero-order valence-corrected chi connectivity index (χ0v) is 18.9. The largest absolute Gasteiger partial charge is 0.393 e. The Hall–Kier alpha value is -1.36. The highest BCUT2D eigenvalue weighted by molar-refractivity contribution is 5.89. The molecule has 0 aromatic rings. The van der Waals surface area contributed by atoms with Crippen LogP contribution in [-0.4, -0.2) is 46.6 Å². The van der Waals surface area contributed by atoms with Gasteiger partial charge in [0.05, 0.1) is 6.10 Å². The minimum atomic E-state index is -0.441. The molecule has 3 fully saturated rings. The Morgan fingerprint density at radius 1 is 1.21 bits per heavy atom. The Morgan fingerprint density at radius 3 is 2.55 bits per heavy atom. The predicted molar refractivity (Wildman–Crippen MR) is 113 cm³/mol. The smallest absolute Gasteiger partial charge is 0.246 e. The van der Waals surface area contributed by atoms with Crippen LogP contribution in [0.2, 0.25) is 0 Å². The lowest BCUT2D eigenvalue weighted by atomic mass is 9.46. The van der Waals surface area contributed by atoms with Gasteiger partial charge in [0.2, 0.25) is 11.8 Å². The Labute approximate surface area is 175 Å². The Morgan fingerprint density at radius 2 is 1.90 bits per heavy atom. The van der Waals surface area contributed by atoms with Crippen molar-refractivity contribution in [3.05, 3.63) is 12.2 Å². The van der Waals surface area contributed by atoms with Crippen LogP contribution in [0, 0.1) is 34.5 Å². The molecule has 4 rings (SSSR count). The third kappa shape index (κ3) is 3.07. The maximum atomic E-state index is 13.1. The summed E-state index contributed by atoms with van der Waals surface area (Å²) in [4.78, 5) is 27.2. The van der Waals surface area contributed by atoms with E-state index in [1.165, 1.54) is 0 Å². The topological polar surface area (TPSA) is 69.6 Å². The van der Waals surface area contributed by atoms with Crippen LogP contribution in [0.5, 0.6) is 0 Å². The summed E-state index contributed by atoms with van der Waals surface area (Å²) in [5.41, 5.74) is -0.589. The van der Waals surface area contributed by atoms with Crippen LogP contribution in [0.25, 0.3) is 0 Å². The van der Waals surface area contributed by atoms with E-state index in [0.717, 1.165) is 25.7 Å². The summed E-state index contributed by atoms with van der Waals surface area (Å²) in [5, 5.41) is 14.6. The number of nitrogens with one attached hydrogen (secondary N) is 1. The van der Waals surface area contributed by atoms with E-state index in [1.807, 2.05) is 32.7 Å². The molecule has 0 bridgehead atoms. The number of rotatable bonds is 1. The van der Waals surface area contributed by atoms with E-state index >= 15 is 0 Å². The molecule has 0 spiro atoms. The quantitative estimate of drug-likeness (QED) is 0.708. The number of likely N-dealkylation sites (N-methyl/N-ethyl adjacent to an activating group) is 1. The van der Waals surface area contributed by atoms with Gasteiger partial charge in [0.1, 0.15) is 0 Å². The van der Waals surface area contributed by atoms with Gasteiger partial charge in [-0.05, 0) is 82.1 Å². The average molecular weight is 403 g/mol. The van der Waals surface area contributed by atoms with Gasteiger partial charge in [-0.15, -0.1) is 0 Å². The lowest BCUT2D eigenvalue weighted by molar-refractivity contribution is -0.163. The van der Waals surface area contributed by atoms with Crippen molar-refractivity contribution in [1.82, 2.24) is 10.2 Å². The lowest BCUT2D eigenvalue weighted by Crippen LogP contribution is -2.63. The number of amides is 2. The molecular weight excluding hydrogens is 364 g/mol. The van der Waals surface area contributed by atoms with Gasteiger partial charge >= 0.3 is 0 Å². The maximum absolute atomic E-state index is 13.1. The van der Waals surface area contributed by atoms with Crippen molar-refractivity contribution in [2.45, 2.75) is 84.4 Å². The molecule has 0 aromatic heterocycles. The summed E-state index contributed by atoms with van der Waals surface area (Å²) in [6, 6.07) is 0.154. The number of aliphatic hydroxyl groups excluding tert-OH is 1. The Balaban J connectivity index is 1.65. The molecule has 2 N–H and O–H groups in total. The molecule has 3 aliphatic carbocycles. The van der Waals surface area contributed by atoms with E-state index < -0.39 is 6.10 Å². The van der Waals surface area contributed by atoms with Crippen molar-refractivity contribution >= 4 is 11.8 Å². The number of nitrogens with zero attached hydrogens (tertiary/aromatic N) is 1. The lowest BCUT2D eigenvalue weighted by Gasteiger charge is -2.61. The number of carbonyl (C=O) groups excluding carboxylic acids is 2. The van der Waals surface area contributed by atoms with Gasteiger partial charge in [0, 0.05) is 30.0 Å². The highest BCUT2D eigenvalue weighted by Gasteiger charge is 2.64. The Bertz CT molecular complexity index is 741. The molecule has 4 aliphatic rings.